The van der Waals surface area contributed by atoms with E-state index < -0.39 is 0 Å². The number of rotatable bonds is 1. The quantitative estimate of drug-likeness (QED) is 0.561. The molecular weight excluding hydrogens is 224 g/mol. The number of halogens is 1. The summed E-state index contributed by atoms with van der Waals surface area (Å²) in [5, 5.41) is 0.971. The maximum atomic E-state index is 11.6. The van der Waals surface area contributed by atoms with Crippen molar-refractivity contribution in [3.63, 3.8) is 0 Å². The second-order valence-corrected chi connectivity index (χ2v) is 4.33. The molecule has 2 aromatic rings. The van der Waals surface area contributed by atoms with Gasteiger partial charge in [-0.3, -0.25) is 0 Å². The van der Waals surface area contributed by atoms with Crippen LogP contribution in [0.15, 0.2) is 21.3 Å². The van der Waals surface area contributed by atoms with Gasteiger partial charge in [0.2, 0.25) is 0 Å². The predicted molar refractivity (Wildman–Crippen MR) is 66.3 cm³/mol. The summed E-state index contributed by atoms with van der Waals surface area (Å²) in [6, 6.07) is 3.94. The maximum absolute atomic E-state index is 11.6. The van der Waals surface area contributed by atoms with E-state index in [1.165, 1.54) is 5.56 Å². The molecule has 0 aliphatic carbocycles. The fourth-order valence-corrected chi connectivity index (χ4v) is 2.11. The summed E-state index contributed by atoms with van der Waals surface area (Å²) >= 11 is 5.75. The molecule has 0 radical (unpaired) electrons. The Hall–Kier alpha value is -1.28. The van der Waals surface area contributed by atoms with Crippen molar-refractivity contribution in [3.05, 3.63) is 44.8 Å². The van der Waals surface area contributed by atoms with Crippen LogP contribution < -0.4 is 5.63 Å². The Labute approximate surface area is 98.8 Å². The first-order chi connectivity index (χ1) is 7.54. The molecule has 1 aromatic heterocycles. The Kier molecular flexibility index (Phi) is 2.76. The first-order valence-corrected chi connectivity index (χ1v) is 5.67. The molecular formula is C13H13ClO2. The summed E-state index contributed by atoms with van der Waals surface area (Å²) in [5.74, 6) is 0.191. The zero-order chi connectivity index (χ0) is 11.9. The lowest BCUT2D eigenvalue weighted by atomic mass is 10.0. The molecule has 0 bridgehead atoms. The van der Waals surface area contributed by atoms with Gasteiger partial charge in [0, 0.05) is 5.39 Å². The smallest absolute Gasteiger partial charge is 0.340 e. The van der Waals surface area contributed by atoms with Crippen LogP contribution in [0.5, 0.6) is 0 Å². The van der Waals surface area contributed by atoms with E-state index in [9.17, 15) is 4.79 Å². The van der Waals surface area contributed by atoms with Gasteiger partial charge in [-0.1, -0.05) is 0 Å². The van der Waals surface area contributed by atoms with Gasteiger partial charge in [0.05, 0.1) is 11.4 Å². The van der Waals surface area contributed by atoms with E-state index in [0.717, 1.165) is 16.5 Å². The molecule has 3 heteroatoms. The summed E-state index contributed by atoms with van der Waals surface area (Å²) in [4.78, 5) is 11.6. The summed E-state index contributed by atoms with van der Waals surface area (Å²) in [6.45, 7) is 5.95. The van der Waals surface area contributed by atoms with Crippen molar-refractivity contribution in [1.82, 2.24) is 0 Å². The zero-order valence-corrected chi connectivity index (χ0v) is 10.3. The second-order valence-electron chi connectivity index (χ2n) is 4.06. The van der Waals surface area contributed by atoms with Crippen LogP contribution in [0.3, 0.4) is 0 Å². The standard InChI is InChI=1S/C13H13ClO2/c1-7-4-10-9(3)11(6-14)13(15)16-12(10)5-8(7)2/h4-5H,6H2,1-3H3. The van der Waals surface area contributed by atoms with Crippen molar-refractivity contribution in [3.8, 4) is 0 Å². The molecule has 0 fully saturated rings. The highest BCUT2D eigenvalue weighted by molar-refractivity contribution is 6.17. The number of fused-ring (bicyclic) bond motifs is 1. The molecule has 0 atom stereocenters. The third-order valence-corrected chi connectivity index (χ3v) is 3.30. The van der Waals surface area contributed by atoms with E-state index in [0.29, 0.717) is 11.1 Å². The van der Waals surface area contributed by atoms with Crippen LogP contribution in [0.25, 0.3) is 11.0 Å². The van der Waals surface area contributed by atoms with Gasteiger partial charge >= 0.3 is 5.63 Å². The van der Waals surface area contributed by atoms with E-state index in [4.69, 9.17) is 16.0 Å². The van der Waals surface area contributed by atoms with Gasteiger partial charge in [-0.2, -0.15) is 0 Å². The molecule has 0 aliphatic rings. The first kappa shape index (κ1) is 11.2. The summed E-state index contributed by atoms with van der Waals surface area (Å²) < 4.78 is 5.26. The van der Waals surface area contributed by atoms with Crippen molar-refractivity contribution in [2.75, 3.05) is 0 Å². The average Bonchev–Trinajstić information content (AvgIpc) is 2.22. The fourth-order valence-electron chi connectivity index (χ4n) is 1.80. The minimum Gasteiger partial charge on any atom is -0.422 e. The lowest BCUT2D eigenvalue weighted by Gasteiger charge is -2.07. The van der Waals surface area contributed by atoms with Gasteiger partial charge in [0.15, 0.2) is 0 Å². The molecule has 0 N–H and O–H groups in total. The van der Waals surface area contributed by atoms with Gasteiger partial charge in [-0.25, -0.2) is 4.79 Å². The molecule has 1 heterocycles. The van der Waals surface area contributed by atoms with Crippen molar-refractivity contribution in [2.45, 2.75) is 26.7 Å². The first-order valence-electron chi connectivity index (χ1n) is 5.14. The molecule has 0 saturated heterocycles. The lowest BCUT2D eigenvalue weighted by Crippen LogP contribution is -2.08. The minimum absolute atomic E-state index is 0.191. The molecule has 0 aliphatic heterocycles. The Morgan fingerprint density at radius 1 is 1.19 bits per heavy atom. The van der Waals surface area contributed by atoms with Crippen LogP contribution in [-0.4, -0.2) is 0 Å². The van der Waals surface area contributed by atoms with Crippen molar-refractivity contribution < 1.29 is 4.42 Å². The van der Waals surface area contributed by atoms with Gasteiger partial charge in [0.1, 0.15) is 5.58 Å². The highest BCUT2D eigenvalue weighted by Crippen LogP contribution is 2.23. The Bertz CT molecular complexity index is 611. The summed E-state index contributed by atoms with van der Waals surface area (Å²) in [6.07, 6.45) is 0. The van der Waals surface area contributed by atoms with E-state index in [2.05, 4.69) is 0 Å². The van der Waals surface area contributed by atoms with Crippen LogP contribution in [0.2, 0.25) is 0 Å². The maximum Gasteiger partial charge on any atom is 0.340 e. The van der Waals surface area contributed by atoms with E-state index in [1.807, 2.05) is 32.9 Å². The van der Waals surface area contributed by atoms with Crippen LogP contribution in [0.1, 0.15) is 22.3 Å². The Balaban J connectivity index is 2.94. The highest BCUT2D eigenvalue weighted by Gasteiger charge is 2.11. The van der Waals surface area contributed by atoms with E-state index >= 15 is 0 Å². The summed E-state index contributed by atoms with van der Waals surface area (Å²) in [5.41, 5.74) is 4.09. The fraction of sp³-hybridized carbons (Fsp3) is 0.308. The molecule has 0 saturated carbocycles. The molecule has 2 rings (SSSR count). The monoisotopic (exact) mass is 236 g/mol. The van der Waals surface area contributed by atoms with Gasteiger partial charge in [0.25, 0.3) is 0 Å². The number of hydrogen-bond acceptors (Lipinski definition) is 2. The number of alkyl halides is 1. The van der Waals surface area contributed by atoms with E-state index in [1.54, 1.807) is 0 Å². The molecule has 0 spiro atoms. The van der Waals surface area contributed by atoms with Crippen LogP contribution >= 0.6 is 11.6 Å². The van der Waals surface area contributed by atoms with Crippen LogP contribution in [-0.2, 0) is 5.88 Å². The average molecular weight is 237 g/mol. The molecule has 1 aromatic carbocycles. The largest absolute Gasteiger partial charge is 0.422 e. The van der Waals surface area contributed by atoms with E-state index in [-0.39, 0.29) is 11.5 Å². The zero-order valence-electron chi connectivity index (χ0n) is 9.56. The Morgan fingerprint density at radius 3 is 2.44 bits per heavy atom. The third kappa shape index (κ3) is 1.63. The lowest BCUT2D eigenvalue weighted by molar-refractivity contribution is 0.552. The SMILES string of the molecule is Cc1cc2oc(=O)c(CCl)c(C)c2cc1C. The van der Waals surface area contributed by atoms with Gasteiger partial charge in [-0.15, -0.1) is 11.6 Å². The van der Waals surface area contributed by atoms with Crippen LogP contribution in [0, 0.1) is 20.8 Å². The van der Waals surface area contributed by atoms with Gasteiger partial charge in [-0.05, 0) is 49.6 Å². The number of aryl methyl sites for hydroxylation is 3. The number of hydrogen-bond donors (Lipinski definition) is 0. The van der Waals surface area contributed by atoms with Crippen molar-refractivity contribution in [1.29, 1.82) is 0 Å². The molecule has 0 amide bonds. The minimum atomic E-state index is -0.330. The van der Waals surface area contributed by atoms with Crippen LogP contribution in [0.4, 0.5) is 0 Å². The van der Waals surface area contributed by atoms with Gasteiger partial charge < -0.3 is 4.42 Å². The molecule has 16 heavy (non-hydrogen) atoms. The third-order valence-electron chi connectivity index (χ3n) is 3.04. The predicted octanol–water partition coefficient (Wildman–Crippen LogP) is 3.46. The highest BCUT2D eigenvalue weighted by atomic mass is 35.5. The second kappa shape index (κ2) is 3.95. The normalized spacial score (nSPS) is 11.0. The number of benzene rings is 1. The molecule has 2 nitrogen and oxygen atoms in total. The molecule has 0 unspecified atom stereocenters. The van der Waals surface area contributed by atoms with Crippen molar-refractivity contribution in [2.24, 2.45) is 0 Å². The summed E-state index contributed by atoms with van der Waals surface area (Å²) in [7, 11) is 0. The topological polar surface area (TPSA) is 30.2 Å². The van der Waals surface area contributed by atoms with Crippen molar-refractivity contribution >= 4 is 22.6 Å². The molecule has 84 valence electrons. The Morgan fingerprint density at radius 2 is 1.81 bits per heavy atom.